The summed E-state index contributed by atoms with van der Waals surface area (Å²) in [6.07, 6.45) is 7.64. The van der Waals surface area contributed by atoms with Crippen molar-refractivity contribution < 1.29 is 4.79 Å². The van der Waals surface area contributed by atoms with Gasteiger partial charge in [0.15, 0.2) is 0 Å². The van der Waals surface area contributed by atoms with Crippen molar-refractivity contribution in [3.63, 3.8) is 0 Å². The number of hydrogen-bond donors (Lipinski definition) is 2. The molecular weight excluding hydrogens is 272 g/mol. The summed E-state index contributed by atoms with van der Waals surface area (Å²) < 4.78 is 0. The Morgan fingerprint density at radius 3 is 2.36 bits per heavy atom. The molecule has 2 rings (SSSR count). The molecule has 3 nitrogen and oxygen atoms in total. The third-order valence-corrected chi connectivity index (χ3v) is 4.42. The van der Waals surface area contributed by atoms with Crippen LogP contribution in [-0.4, -0.2) is 18.5 Å². The number of rotatable bonds is 4. The summed E-state index contributed by atoms with van der Waals surface area (Å²) >= 11 is 0. The predicted octanol–water partition coefficient (Wildman–Crippen LogP) is 4.24. The van der Waals surface area contributed by atoms with Gasteiger partial charge >= 0.3 is 0 Å². The Labute approximate surface area is 134 Å². The Morgan fingerprint density at radius 1 is 1.09 bits per heavy atom. The fourth-order valence-electron chi connectivity index (χ4n) is 3.16. The summed E-state index contributed by atoms with van der Waals surface area (Å²) in [5, 5.41) is 6.50. The zero-order chi connectivity index (χ0) is 16.0. The lowest BCUT2D eigenvalue weighted by molar-refractivity contribution is -0.115. The van der Waals surface area contributed by atoms with Crippen LogP contribution in [0.3, 0.4) is 0 Å². The zero-order valence-corrected chi connectivity index (χ0v) is 14.2. The molecule has 0 saturated heterocycles. The van der Waals surface area contributed by atoms with Gasteiger partial charge in [0.05, 0.1) is 6.54 Å². The summed E-state index contributed by atoms with van der Waals surface area (Å²) in [5.74, 6) is 0.0564. The molecule has 0 atom stereocenters. The number of carbonyl (C=O) groups excluding carboxylic acids is 1. The van der Waals surface area contributed by atoms with Crippen LogP contribution >= 0.6 is 0 Å². The highest BCUT2D eigenvalue weighted by molar-refractivity contribution is 5.93. The zero-order valence-electron chi connectivity index (χ0n) is 14.2. The lowest BCUT2D eigenvalue weighted by Crippen LogP contribution is -2.36. The van der Waals surface area contributed by atoms with Gasteiger partial charge < -0.3 is 10.6 Å². The average molecular weight is 302 g/mol. The van der Waals surface area contributed by atoms with Crippen molar-refractivity contribution in [2.45, 2.75) is 70.8 Å². The molecule has 1 saturated carbocycles. The fourth-order valence-corrected chi connectivity index (χ4v) is 3.16. The van der Waals surface area contributed by atoms with E-state index in [1.54, 1.807) is 0 Å². The molecule has 0 heterocycles. The van der Waals surface area contributed by atoms with E-state index in [2.05, 4.69) is 37.5 Å². The van der Waals surface area contributed by atoms with E-state index in [4.69, 9.17) is 0 Å². The summed E-state index contributed by atoms with van der Waals surface area (Å²) in [7, 11) is 0. The van der Waals surface area contributed by atoms with E-state index in [1.807, 2.05) is 18.2 Å². The van der Waals surface area contributed by atoms with E-state index < -0.39 is 0 Å². The molecule has 0 spiro atoms. The molecule has 2 N–H and O–H groups in total. The molecule has 1 fully saturated rings. The largest absolute Gasteiger partial charge is 0.325 e. The minimum Gasteiger partial charge on any atom is -0.325 e. The normalized spacial score (nSPS) is 17.0. The minimum absolute atomic E-state index is 0.0264. The maximum atomic E-state index is 12.2. The summed E-state index contributed by atoms with van der Waals surface area (Å²) in [5.41, 5.74) is 2.14. The van der Waals surface area contributed by atoms with Crippen LogP contribution in [-0.2, 0) is 10.2 Å². The number of carbonyl (C=O) groups is 1. The maximum Gasteiger partial charge on any atom is 0.238 e. The second kappa shape index (κ2) is 7.77. The Hall–Kier alpha value is -1.35. The van der Waals surface area contributed by atoms with E-state index in [0.717, 1.165) is 5.69 Å². The van der Waals surface area contributed by atoms with Crippen molar-refractivity contribution in [1.82, 2.24) is 5.32 Å². The first-order valence-electron chi connectivity index (χ1n) is 8.59. The van der Waals surface area contributed by atoms with Crippen molar-refractivity contribution in [3.8, 4) is 0 Å². The van der Waals surface area contributed by atoms with Crippen LogP contribution in [0.1, 0.15) is 64.9 Å². The fraction of sp³-hybridized carbons (Fsp3) is 0.632. The molecule has 0 unspecified atom stereocenters. The predicted molar refractivity (Wildman–Crippen MR) is 93.3 cm³/mol. The van der Waals surface area contributed by atoms with Gasteiger partial charge in [0.1, 0.15) is 0 Å². The van der Waals surface area contributed by atoms with Gasteiger partial charge in [0.25, 0.3) is 0 Å². The van der Waals surface area contributed by atoms with E-state index in [-0.39, 0.29) is 11.3 Å². The molecule has 3 heteroatoms. The van der Waals surface area contributed by atoms with Gasteiger partial charge in [-0.15, -0.1) is 0 Å². The Balaban J connectivity index is 1.89. The van der Waals surface area contributed by atoms with Gasteiger partial charge in [-0.1, -0.05) is 64.7 Å². The lowest BCUT2D eigenvalue weighted by atomic mass is 9.86. The number of nitrogens with one attached hydrogen (secondary N) is 2. The van der Waals surface area contributed by atoms with Gasteiger partial charge in [-0.2, -0.15) is 0 Å². The molecule has 0 aromatic heterocycles. The van der Waals surface area contributed by atoms with Crippen LogP contribution in [0.5, 0.6) is 0 Å². The number of benzene rings is 1. The topological polar surface area (TPSA) is 41.1 Å². The highest BCUT2D eigenvalue weighted by Gasteiger charge is 2.19. The molecule has 0 bridgehead atoms. The SMILES string of the molecule is CC(C)(C)c1ccccc1NC(=O)CNC1CCCCCC1. The molecule has 0 radical (unpaired) electrons. The molecule has 1 aliphatic carbocycles. The van der Waals surface area contributed by atoms with Crippen molar-refractivity contribution in [2.75, 3.05) is 11.9 Å². The van der Waals surface area contributed by atoms with Gasteiger partial charge in [-0.05, 0) is 29.9 Å². The molecule has 122 valence electrons. The van der Waals surface area contributed by atoms with Crippen molar-refractivity contribution in [1.29, 1.82) is 0 Å². The average Bonchev–Trinajstić information content (AvgIpc) is 2.73. The number of hydrogen-bond acceptors (Lipinski definition) is 2. The highest BCUT2D eigenvalue weighted by Crippen LogP contribution is 2.29. The molecule has 1 aromatic rings. The second-order valence-corrected chi connectivity index (χ2v) is 7.41. The van der Waals surface area contributed by atoms with Crippen LogP contribution in [0, 0.1) is 0 Å². The van der Waals surface area contributed by atoms with Crippen LogP contribution < -0.4 is 10.6 Å². The number of anilines is 1. The standard InChI is InChI=1S/C19H30N2O/c1-19(2,3)16-12-8-9-13-17(16)21-18(22)14-20-15-10-6-4-5-7-11-15/h8-9,12-13,15,20H,4-7,10-11,14H2,1-3H3,(H,21,22). The second-order valence-electron chi connectivity index (χ2n) is 7.41. The third-order valence-electron chi connectivity index (χ3n) is 4.42. The Bertz CT molecular complexity index is 482. The monoisotopic (exact) mass is 302 g/mol. The molecule has 1 amide bonds. The van der Waals surface area contributed by atoms with Crippen molar-refractivity contribution in [2.24, 2.45) is 0 Å². The van der Waals surface area contributed by atoms with E-state index in [1.165, 1.54) is 44.1 Å². The van der Waals surface area contributed by atoms with Crippen molar-refractivity contribution >= 4 is 11.6 Å². The molecule has 1 aliphatic rings. The van der Waals surface area contributed by atoms with Crippen LogP contribution in [0.15, 0.2) is 24.3 Å². The number of para-hydroxylation sites is 1. The van der Waals surface area contributed by atoms with Crippen LogP contribution in [0.25, 0.3) is 0 Å². The Kier molecular flexibility index (Phi) is 6.01. The number of amides is 1. The maximum absolute atomic E-state index is 12.2. The summed E-state index contributed by atoms with van der Waals surface area (Å²) in [4.78, 5) is 12.2. The Morgan fingerprint density at radius 2 is 1.73 bits per heavy atom. The summed E-state index contributed by atoms with van der Waals surface area (Å²) in [6.45, 7) is 6.91. The van der Waals surface area contributed by atoms with E-state index >= 15 is 0 Å². The van der Waals surface area contributed by atoms with Gasteiger partial charge in [0, 0.05) is 11.7 Å². The smallest absolute Gasteiger partial charge is 0.238 e. The molecule has 22 heavy (non-hydrogen) atoms. The van der Waals surface area contributed by atoms with Gasteiger partial charge in [-0.25, -0.2) is 0 Å². The quantitative estimate of drug-likeness (QED) is 0.817. The van der Waals surface area contributed by atoms with Crippen LogP contribution in [0.2, 0.25) is 0 Å². The van der Waals surface area contributed by atoms with Crippen LogP contribution in [0.4, 0.5) is 5.69 Å². The molecule has 0 aliphatic heterocycles. The minimum atomic E-state index is 0.0264. The van der Waals surface area contributed by atoms with Crippen molar-refractivity contribution in [3.05, 3.63) is 29.8 Å². The summed E-state index contributed by atoms with van der Waals surface area (Å²) in [6, 6.07) is 8.59. The lowest BCUT2D eigenvalue weighted by Gasteiger charge is -2.23. The first-order chi connectivity index (χ1) is 10.5. The van der Waals surface area contributed by atoms with Gasteiger partial charge in [-0.3, -0.25) is 4.79 Å². The highest BCUT2D eigenvalue weighted by atomic mass is 16.1. The van der Waals surface area contributed by atoms with E-state index in [0.29, 0.717) is 12.6 Å². The molecule has 1 aromatic carbocycles. The third kappa shape index (κ3) is 5.13. The van der Waals surface area contributed by atoms with Gasteiger partial charge in [0.2, 0.25) is 5.91 Å². The first kappa shape index (κ1) is 17.0. The molecular formula is C19H30N2O. The first-order valence-corrected chi connectivity index (χ1v) is 8.59. The van der Waals surface area contributed by atoms with E-state index in [9.17, 15) is 4.79 Å².